The van der Waals surface area contributed by atoms with E-state index in [0.29, 0.717) is 17.1 Å². The molecule has 0 fully saturated rings. The number of amides is 1. The lowest BCUT2D eigenvalue weighted by molar-refractivity contribution is 0.0981. The number of carbonyl (C=O) groups excluding carboxylic acids is 1. The molecule has 0 saturated carbocycles. The van der Waals surface area contributed by atoms with Crippen LogP contribution in [0, 0.1) is 0 Å². The second-order valence-electron chi connectivity index (χ2n) is 7.90. The Morgan fingerprint density at radius 1 is 1.00 bits per heavy atom. The van der Waals surface area contributed by atoms with Gasteiger partial charge in [0.25, 0.3) is 5.91 Å². The lowest BCUT2D eigenvalue weighted by atomic mass is 10.1. The fourth-order valence-corrected chi connectivity index (χ4v) is 5.07. The largest absolute Gasteiger partial charge is 0.493 e. The third kappa shape index (κ3) is 4.58. The highest BCUT2D eigenvalue weighted by atomic mass is 32.2. The first-order valence-corrected chi connectivity index (χ1v) is 12.0. The number of nitrogens with zero attached hydrogens (tertiary/aromatic N) is 1. The predicted molar refractivity (Wildman–Crippen MR) is 126 cm³/mol. The second-order valence-corrected chi connectivity index (χ2v) is 9.67. The highest BCUT2D eigenvalue weighted by molar-refractivity contribution is 7.89. The molecule has 8 heteroatoms. The van der Waals surface area contributed by atoms with Crippen LogP contribution in [0.4, 0.5) is 5.69 Å². The highest BCUT2D eigenvalue weighted by Crippen LogP contribution is 2.34. The number of ether oxygens (including phenoxy) is 2. The summed E-state index contributed by atoms with van der Waals surface area (Å²) in [5.41, 5.74) is 3.27. The summed E-state index contributed by atoms with van der Waals surface area (Å²) in [6.07, 6.45) is 0.756. The van der Waals surface area contributed by atoms with Crippen molar-refractivity contribution in [2.24, 2.45) is 0 Å². The van der Waals surface area contributed by atoms with E-state index in [1.165, 1.54) is 26.4 Å². The summed E-state index contributed by atoms with van der Waals surface area (Å²) >= 11 is 0. The van der Waals surface area contributed by atoms with Crippen LogP contribution in [0.1, 0.15) is 28.4 Å². The number of nitrogens with one attached hydrogen (secondary N) is 1. The van der Waals surface area contributed by atoms with Crippen molar-refractivity contribution in [1.82, 2.24) is 4.72 Å². The van der Waals surface area contributed by atoms with Crippen LogP contribution in [-0.2, 0) is 23.0 Å². The molecule has 0 radical (unpaired) electrons. The van der Waals surface area contributed by atoms with Gasteiger partial charge in [0.2, 0.25) is 10.0 Å². The number of methoxy groups -OCH3 is 2. The van der Waals surface area contributed by atoms with E-state index >= 15 is 0 Å². The number of benzene rings is 3. The van der Waals surface area contributed by atoms with Gasteiger partial charge in [-0.15, -0.1) is 0 Å². The summed E-state index contributed by atoms with van der Waals surface area (Å²) in [6, 6.07) is 19.4. The molecule has 1 atom stereocenters. The third-order valence-electron chi connectivity index (χ3n) is 5.74. The minimum atomic E-state index is -3.78. The monoisotopic (exact) mass is 466 g/mol. The summed E-state index contributed by atoms with van der Waals surface area (Å²) in [5, 5.41) is 0. The van der Waals surface area contributed by atoms with Gasteiger partial charge < -0.3 is 14.4 Å². The summed E-state index contributed by atoms with van der Waals surface area (Å²) < 4.78 is 38.7. The van der Waals surface area contributed by atoms with E-state index in [-0.39, 0.29) is 23.4 Å². The first-order chi connectivity index (χ1) is 15.8. The Morgan fingerprint density at radius 2 is 1.73 bits per heavy atom. The van der Waals surface area contributed by atoms with Crippen molar-refractivity contribution in [3.63, 3.8) is 0 Å². The zero-order valence-corrected chi connectivity index (χ0v) is 19.6. The van der Waals surface area contributed by atoms with Crippen LogP contribution in [-0.4, -0.2) is 34.6 Å². The minimum absolute atomic E-state index is 0.0198. The maximum atomic E-state index is 13.1. The van der Waals surface area contributed by atoms with Crippen molar-refractivity contribution in [2.75, 3.05) is 19.1 Å². The second kappa shape index (κ2) is 9.25. The summed E-state index contributed by atoms with van der Waals surface area (Å²) in [5.74, 6) is 0.722. The van der Waals surface area contributed by atoms with Gasteiger partial charge in [-0.2, -0.15) is 0 Å². The van der Waals surface area contributed by atoms with Gasteiger partial charge >= 0.3 is 0 Å². The molecule has 3 aromatic carbocycles. The van der Waals surface area contributed by atoms with Crippen LogP contribution in [0.5, 0.6) is 11.5 Å². The number of anilines is 1. The lowest BCUT2D eigenvalue weighted by Crippen LogP contribution is -2.35. The topological polar surface area (TPSA) is 84.9 Å². The lowest BCUT2D eigenvalue weighted by Gasteiger charge is -2.23. The molecule has 0 aromatic heterocycles. The van der Waals surface area contributed by atoms with Crippen LogP contribution in [0.15, 0.2) is 71.6 Å². The molecular formula is C25H26N2O5S. The number of hydrogen-bond donors (Lipinski definition) is 1. The molecule has 1 amide bonds. The maximum Gasteiger partial charge on any atom is 0.258 e. The first-order valence-electron chi connectivity index (χ1n) is 10.6. The van der Waals surface area contributed by atoms with Gasteiger partial charge in [0.15, 0.2) is 11.5 Å². The van der Waals surface area contributed by atoms with Crippen LogP contribution in [0.3, 0.4) is 0 Å². The fourth-order valence-electron chi connectivity index (χ4n) is 4.04. The number of carbonyl (C=O) groups is 1. The molecule has 1 unspecified atom stereocenters. The van der Waals surface area contributed by atoms with E-state index in [4.69, 9.17) is 9.47 Å². The number of hydrogen-bond acceptors (Lipinski definition) is 5. The third-order valence-corrected chi connectivity index (χ3v) is 7.14. The average molecular weight is 467 g/mol. The molecule has 1 aliphatic heterocycles. The van der Waals surface area contributed by atoms with Gasteiger partial charge in [-0.3, -0.25) is 4.79 Å². The van der Waals surface area contributed by atoms with E-state index < -0.39 is 10.0 Å². The number of rotatable bonds is 7. The molecule has 1 N–H and O–H groups in total. The highest BCUT2D eigenvalue weighted by Gasteiger charge is 2.31. The summed E-state index contributed by atoms with van der Waals surface area (Å²) in [4.78, 5) is 15.0. The zero-order valence-electron chi connectivity index (χ0n) is 18.7. The van der Waals surface area contributed by atoms with Crippen LogP contribution in [0.25, 0.3) is 0 Å². The van der Waals surface area contributed by atoms with Crippen molar-refractivity contribution < 1.29 is 22.7 Å². The molecule has 4 rings (SSSR count). The number of sulfonamides is 1. The number of fused-ring (bicyclic) bond motifs is 1. The summed E-state index contributed by atoms with van der Waals surface area (Å²) in [7, 11) is -0.835. The molecule has 0 spiro atoms. The van der Waals surface area contributed by atoms with Gasteiger partial charge in [-0.25, -0.2) is 13.1 Å². The van der Waals surface area contributed by atoms with Gasteiger partial charge in [0.1, 0.15) is 0 Å². The van der Waals surface area contributed by atoms with Gasteiger partial charge in [-0.1, -0.05) is 30.3 Å². The Morgan fingerprint density at radius 3 is 2.42 bits per heavy atom. The van der Waals surface area contributed by atoms with E-state index in [0.717, 1.165) is 23.2 Å². The maximum absolute atomic E-state index is 13.1. The summed E-state index contributed by atoms with van der Waals surface area (Å²) in [6.45, 7) is 2.10. The van der Waals surface area contributed by atoms with Crippen molar-refractivity contribution >= 4 is 21.6 Å². The average Bonchev–Trinajstić information content (AvgIpc) is 3.17. The Bertz CT molecular complexity index is 1280. The fraction of sp³-hybridized carbons (Fsp3) is 0.240. The SMILES string of the molecule is COc1ccc(S(=O)(=O)NCc2ccc3c(c2)N(C(=O)c2ccccc2)C(C)C3)cc1OC. The van der Waals surface area contributed by atoms with Crippen LogP contribution >= 0.6 is 0 Å². The molecule has 7 nitrogen and oxygen atoms in total. The van der Waals surface area contributed by atoms with Crippen molar-refractivity contribution in [1.29, 1.82) is 0 Å². The molecule has 1 heterocycles. The Kier molecular flexibility index (Phi) is 6.40. The van der Waals surface area contributed by atoms with E-state index in [9.17, 15) is 13.2 Å². The first kappa shape index (κ1) is 22.8. The normalized spacial score (nSPS) is 15.2. The Hall–Kier alpha value is -3.36. The van der Waals surface area contributed by atoms with Crippen LogP contribution < -0.4 is 19.1 Å². The molecule has 0 bridgehead atoms. The molecule has 0 saturated heterocycles. The molecule has 3 aromatic rings. The van der Waals surface area contributed by atoms with Crippen molar-refractivity contribution in [2.45, 2.75) is 30.8 Å². The molecule has 33 heavy (non-hydrogen) atoms. The molecule has 1 aliphatic rings. The Labute approximate surface area is 194 Å². The standard InChI is InChI=1S/C25H26N2O5S/c1-17-13-20-10-9-18(14-22(20)27(17)25(28)19-7-5-4-6-8-19)16-26-33(29,30)21-11-12-23(31-2)24(15-21)32-3/h4-12,14-15,17,26H,13,16H2,1-3H3. The Balaban J connectivity index is 1.55. The smallest absolute Gasteiger partial charge is 0.258 e. The predicted octanol–water partition coefficient (Wildman–Crippen LogP) is 3.77. The van der Waals surface area contributed by atoms with Crippen LogP contribution in [0.2, 0.25) is 0 Å². The van der Waals surface area contributed by atoms with E-state index in [1.807, 2.05) is 43.3 Å². The van der Waals surface area contributed by atoms with E-state index in [2.05, 4.69) is 4.72 Å². The molecule has 172 valence electrons. The van der Waals surface area contributed by atoms with Gasteiger partial charge in [0.05, 0.1) is 19.1 Å². The quantitative estimate of drug-likeness (QED) is 0.573. The molecular weight excluding hydrogens is 440 g/mol. The van der Waals surface area contributed by atoms with Crippen molar-refractivity contribution in [3.05, 3.63) is 83.4 Å². The van der Waals surface area contributed by atoms with Crippen molar-refractivity contribution in [3.8, 4) is 11.5 Å². The van der Waals surface area contributed by atoms with Gasteiger partial charge in [-0.05, 0) is 54.8 Å². The zero-order chi connectivity index (χ0) is 23.6. The molecule has 0 aliphatic carbocycles. The minimum Gasteiger partial charge on any atom is -0.493 e. The van der Waals surface area contributed by atoms with E-state index in [1.54, 1.807) is 23.1 Å². The van der Waals surface area contributed by atoms with Gasteiger partial charge in [0, 0.05) is 29.9 Å².